The minimum atomic E-state index is -1.66. The van der Waals surface area contributed by atoms with E-state index in [0.717, 1.165) is 0 Å². The van der Waals surface area contributed by atoms with Crippen LogP contribution in [-0.2, 0) is 14.3 Å². The maximum Gasteiger partial charge on any atom is 0.314 e. The second kappa shape index (κ2) is 3.55. The molecule has 15 heavy (non-hydrogen) atoms. The maximum atomic E-state index is 11.7. The first kappa shape index (κ1) is 12.6. The van der Waals surface area contributed by atoms with Crippen LogP contribution in [0.4, 0.5) is 0 Å². The van der Waals surface area contributed by atoms with Gasteiger partial charge in [0.1, 0.15) is 0 Å². The topological polar surface area (TPSA) is 43.4 Å². The highest BCUT2D eigenvalue weighted by atomic mass is 28.3. The highest BCUT2D eigenvalue weighted by Gasteiger charge is 2.55. The molecular weight excluding hydrogens is 224 g/mol. The molecule has 0 saturated carbocycles. The second-order valence-corrected chi connectivity index (χ2v) is 17.1. The monoisotopic (exact) mass is 244 g/mol. The molecule has 1 saturated heterocycles. The van der Waals surface area contributed by atoms with Gasteiger partial charge >= 0.3 is 11.9 Å². The van der Waals surface area contributed by atoms with Gasteiger partial charge in [0.05, 0.1) is 27.2 Å². The van der Waals surface area contributed by atoms with E-state index in [9.17, 15) is 9.59 Å². The van der Waals surface area contributed by atoms with E-state index in [-0.39, 0.29) is 23.0 Å². The van der Waals surface area contributed by atoms with Crippen LogP contribution in [0.1, 0.15) is 0 Å². The van der Waals surface area contributed by atoms with E-state index in [1.54, 1.807) is 0 Å². The lowest BCUT2D eigenvalue weighted by Gasteiger charge is -2.31. The fraction of sp³-hybridized carbons (Fsp3) is 0.800. The average Bonchev–Trinajstić information content (AvgIpc) is 2.22. The van der Waals surface area contributed by atoms with E-state index in [0.29, 0.717) is 0 Å². The smallest absolute Gasteiger partial charge is 0.314 e. The Bertz CT molecular complexity index is 269. The molecule has 1 heterocycles. The van der Waals surface area contributed by atoms with Crippen molar-refractivity contribution in [1.29, 1.82) is 0 Å². The van der Waals surface area contributed by atoms with Crippen molar-refractivity contribution in [3.05, 3.63) is 0 Å². The Hall–Kier alpha value is -0.426. The molecule has 86 valence electrons. The van der Waals surface area contributed by atoms with Gasteiger partial charge < -0.3 is 4.74 Å². The van der Waals surface area contributed by atoms with E-state index < -0.39 is 16.1 Å². The van der Waals surface area contributed by atoms with Crippen LogP contribution >= 0.6 is 0 Å². The van der Waals surface area contributed by atoms with Crippen molar-refractivity contribution < 1.29 is 14.3 Å². The summed E-state index contributed by atoms with van der Waals surface area (Å²) in [6.07, 6.45) is 0. The number of cyclic esters (lactones) is 2. The van der Waals surface area contributed by atoms with Crippen molar-refractivity contribution in [2.45, 2.75) is 50.4 Å². The van der Waals surface area contributed by atoms with Gasteiger partial charge in [0.15, 0.2) is 0 Å². The van der Waals surface area contributed by atoms with Gasteiger partial charge in [-0.05, 0) is 0 Å². The standard InChI is InChI=1S/C10H20O3Si2/c1-14(2,3)7-8(15(4,5)6)10(12)13-9(7)11/h7-8H,1-6H3/t7-,8-/m0/s1. The summed E-state index contributed by atoms with van der Waals surface area (Å²) in [5.41, 5.74) is -0.256. The molecule has 1 fully saturated rings. The number of ether oxygens (including phenoxy) is 1. The molecule has 3 nitrogen and oxygen atoms in total. The summed E-state index contributed by atoms with van der Waals surface area (Å²) in [7, 11) is -3.33. The molecule has 0 aromatic rings. The van der Waals surface area contributed by atoms with Gasteiger partial charge in [0.25, 0.3) is 0 Å². The predicted octanol–water partition coefficient (Wildman–Crippen LogP) is 2.49. The van der Waals surface area contributed by atoms with Crippen LogP contribution in [0.25, 0.3) is 0 Å². The molecule has 0 spiro atoms. The molecule has 0 N–H and O–H groups in total. The zero-order chi connectivity index (χ0) is 12.0. The molecule has 0 unspecified atom stereocenters. The third-order valence-corrected chi connectivity index (χ3v) is 8.11. The van der Waals surface area contributed by atoms with E-state index >= 15 is 0 Å². The van der Waals surface area contributed by atoms with Crippen molar-refractivity contribution in [3.63, 3.8) is 0 Å². The fourth-order valence-corrected chi connectivity index (χ4v) is 9.01. The molecule has 0 aliphatic carbocycles. The van der Waals surface area contributed by atoms with Crippen molar-refractivity contribution in [1.82, 2.24) is 0 Å². The molecule has 1 rings (SSSR count). The summed E-state index contributed by atoms with van der Waals surface area (Å²) < 4.78 is 4.83. The number of carbonyl (C=O) groups excluding carboxylic acids is 2. The third-order valence-electron chi connectivity index (χ3n) is 2.91. The Morgan fingerprint density at radius 3 is 1.27 bits per heavy atom. The number of rotatable bonds is 2. The quantitative estimate of drug-likeness (QED) is 0.426. The summed E-state index contributed by atoms with van der Waals surface area (Å²) >= 11 is 0. The normalized spacial score (nSPS) is 28.1. The number of esters is 2. The fourth-order valence-electron chi connectivity index (χ4n) is 2.21. The van der Waals surface area contributed by atoms with Crippen molar-refractivity contribution in [2.24, 2.45) is 0 Å². The second-order valence-electron chi connectivity index (χ2n) is 6.43. The van der Waals surface area contributed by atoms with E-state index in [1.807, 2.05) is 0 Å². The third kappa shape index (κ3) is 2.39. The summed E-state index contributed by atoms with van der Waals surface area (Å²) in [6, 6.07) is 0. The molecule has 0 aromatic heterocycles. The van der Waals surface area contributed by atoms with Crippen LogP contribution in [0.2, 0.25) is 50.4 Å². The minimum Gasteiger partial charge on any atom is -0.393 e. The van der Waals surface area contributed by atoms with Crippen LogP contribution < -0.4 is 0 Å². The Labute approximate surface area is 93.2 Å². The molecular formula is C10H20O3Si2. The maximum absolute atomic E-state index is 11.7. The van der Waals surface area contributed by atoms with Crippen molar-refractivity contribution >= 4 is 28.1 Å². The van der Waals surface area contributed by atoms with Gasteiger partial charge in [-0.1, -0.05) is 39.3 Å². The summed E-state index contributed by atoms with van der Waals surface area (Å²) in [6.45, 7) is 12.8. The van der Waals surface area contributed by atoms with E-state index in [4.69, 9.17) is 4.74 Å². The summed E-state index contributed by atoms with van der Waals surface area (Å²) in [4.78, 5) is 23.4. The highest BCUT2D eigenvalue weighted by molar-refractivity contribution is 6.88. The van der Waals surface area contributed by atoms with E-state index in [2.05, 4.69) is 39.3 Å². The zero-order valence-corrected chi connectivity index (χ0v) is 12.4. The van der Waals surface area contributed by atoms with E-state index in [1.165, 1.54) is 0 Å². The van der Waals surface area contributed by atoms with Crippen molar-refractivity contribution in [3.8, 4) is 0 Å². The molecule has 1 aliphatic rings. The first-order valence-corrected chi connectivity index (χ1v) is 12.5. The Morgan fingerprint density at radius 1 is 0.800 bits per heavy atom. The van der Waals surface area contributed by atoms with Gasteiger partial charge in [-0.3, -0.25) is 9.59 Å². The number of hydrogen-bond donors (Lipinski definition) is 0. The van der Waals surface area contributed by atoms with Crippen molar-refractivity contribution in [2.75, 3.05) is 0 Å². The van der Waals surface area contributed by atoms with Gasteiger partial charge in [-0.15, -0.1) is 0 Å². The van der Waals surface area contributed by atoms with Crippen LogP contribution in [0.15, 0.2) is 0 Å². The lowest BCUT2D eigenvalue weighted by molar-refractivity contribution is -0.152. The first-order chi connectivity index (χ1) is 6.55. The van der Waals surface area contributed by atoms with Crippen LogP contribution in [0.5, 0.6) is 0 Å². The SMILES string of the molecule is C[Si](C)(C)[C@@H]1C(=O)OC(=O)[C@H]1[Si](C)(C)C. The Balaban J connectivity index is 3.12. The molecule has 0 bridgehead atoms. The first-order valence-electron chi connectivity index (χ1n) is 5.30. The Kier molecular flexibility index (Phi) is 3.00. The molecule has 1 aliphatic heterocycles. The number of carbonyl (C=O) groups is 2. The molecule has 0 amide bonds. The average molecular weight is 244 g/mol. The number of hydrogen-bond acceptors (Lipinski definition) is 3. The van der Waals surface area contributed by atoms with Gasteiger partial charge in [-0.25, -0.2) is 0 Å². The van der Waals surface area contributed by atoms with Gasteiger partial charge in [-0.2, -0.15) is 0 Å². The summed E-state index contributed by atoms with van der Waals surface area (Å²) in [5.74, 6) is -0.543. The molecule has 5 heteroatoms. The summed E-state index contributed by atoms with van der Waals surface area (Å²) in [5, 5.41) is 0. The largest absolute Gasteiger partial charge is 0.393 e. The van der Waals surface area contributed by atoms with Gasteiger partial charge in [0.2, 0.25) is 0 Å². The Morgan fingerprint density at radius 2 is 1.07 bits per heavy atom. The molecule has 2 atom stereocenters. The van der Waals surface area contributed by atoms with Gasteiger partial charge in [0, 0.05) is 0 Å². The van der Waals surface area contributed by atoms with Crippen LogP contribution in [0.3, 0.4) is 0 Å². The van der Waals surface area contributed by atoms with Crippen LogP contribution in [0, 0.1) is 0 Å². The zero-order valence-electron chi connectivity index (χ0n) is 10.4. The lowest BCUT2D eigenvalue weighted by atomic mass is 10.3. The highest BCUT2D eigenvalue weighted by Crippen LogP contribution is 2.46. The minimum absolute atomic E-state index is 0.128. The molecule has 0 radical (unpaired) electrons. The van der Waals surface area contributed by atoms with Crippen LogP contribution in [-0.4, -0.2) is 28.1 Å². The molecule has 0 aromatic carbocycles. The lowest BCUT2D eigenvalue weighted by Crippen LogP contribution is -2.42. The predicted molar refractivity (Wildman–Crippen MR) is 65.3 cm³/mol.